The first-order chi connectivity index (χ1) is 9.76. The normalized spacial score (nSPS) is 11.1. The van der Waals surface area contributed by atoms with Gasteiger partial charge in [0.1, 0.15) is 5.69 Å². The zero-order valence-electron chi connectivity index (χ0n) is 11.5. The molecule has 0 spiro atoms. The Balaban J connectivity index is 2.80. The molecule has 0 unspecified atom stereocenters. The highest BCUT2D eigenvalue weighted by molar-refractivity contribution is 7.90. The van der Waals surface area contributed by atoms with E-state index in [1.807, 2.05) is 11.6 Å². The zero-order chi connectivity index (χ0) is 16.0. The number of sulfonamides is 1. The first-order valence-corrected chi connectivity index (χ1v) is 8.01. The maximum Gasteiger partial charge on any atom is 0.292 e. The molecular weight excluding hydrogens is 298 g/mol. The minimum absolute atomic E-state index is 0.0443. The smallest absolute Gasteiger partial charge is 0.292 e. The van der Waals surface area contributed by atoms with E-state index in [-0.39, 0.29) is 22.7 Å². The quantitative estimate of drug-likeness (QED) is 0.338. The van der Waals surface area contributed by atoms with E-state index in [2.05, 4.69) is 0 Å². The van der Waals surface area contributed by atoms with Crippen molar-refractivity contribution in [1.29, 1.82) is 0 Å². The molecule has 1 rings (SSSR count). The summed E-state index contributed by atoms with van der Waals surface area (Å²) < 4.78 is 25.3. The third kappa shape index (κ3) is 5.03. The largest absolute Gasteiger partial charge is 0.393 e. The van der Waals surface area contributed by atoms with Crippen molar-refractivity contribution in [3.05, 3.63) is 33.9 Å². The zero-order valence-corrected chi connectivity index (χ0v) is 12.4. The van der Waals surface area contributed by atoms with E-state index in [9.17, 15) is 23.3 Å². The number of carbonyl (C=O) groups excluding carboxylic acids is 1. The fourth-order valence-corrected chi connectivity index (χ4v) is 2.74. The van der Waals surface area contributed by atoms with E-state index in [0.717, 1.165) is 31.0 Å². The van der Waals surface area contributed by atoms with Gasteiger partial charge in [0.05, 0.1) is 10.7 Å². The van der Waals surface area contributed by atoms with Crippen molar-refractivity contribution in [2.45, 2.75) is 26.2 Å². The van der Waals surface area contributed by atoms with Crippen LogP contribution in [-0.2, 0) is 10.0 Å². The lowest BCUT2D eigenvalue weighted by molar-refractivity contribution is -0.383. The molecule has 0 radical (unpaired) electrons. The summed E-state index contributed by atoms with van der Waals surface area (Å²) in [6.07, 6.45) is 2.07. The van der Waals surface area contributed by atoms with Crippen LogP contribution in [0, 0.1) is 10.1 Å². The molecule has 116 valence electrons. The van der Waals surface area contributed by atoms with Crippen LogP contribution in [0.4, 0.5) is 11.4 Å². The average Bonchev–Trinajstić information content (AvgIpc) is 2.37. The lowest BCUT2D eigenvalue weighted by atomic mass is 10.1. The molecular formula is C12H17N3O5S. The van der Waals surface area contributed by atoms with Crippen LogP contribution in [0.1, 0.15) is 36.5 Å². The number of benzene rings is 1. The standard InChI is InChI=1S/C12H17N3O5S/c1-2-3-4-7-21(19,20)14-12(16)9-5-6-11(15(17)18)10(13)8-9/h5-6,8H,2-4,7,13H2,1H3,(H,14,16). The van der Waals surface area contributed by atoms with Gasteiger partial charge in [-0.1, -0.05) is 19.8 Å². The van der Waals surface area contributed by atoms with Gasteiger partial charge in [0, 0.05) is 11.6 Å². The van der Waals surface area contributed by atoms with Gasteiger partial charge < -0.3 is 5.73 Å². The molecule has 0 fully saturated rings. The molecule has 0 bridgehead atoms. The summed E-state index contributed by atoms with van der Waals surface area (Å²) in [5.41, 5.74) is 4.87. The Labute approximate surface area is 122 Å². The van der Waals surface area contributed by atoms with Crippen molar-refractivity contribution < 1.29 is 18.1 Å². The van der Waals surface area contributed by atoms with Crippen LogP contribution in [-0.4, -0.2) is 25.0 Å². The Morgan fingerprint density at radius 1 is 1.38 bits per heavy atom. The van der Waals surface area contributed by atoms with Crippen LogP contribution >= 0.6 is 0 Å². The van der Waals surface area contributed by atoms with Crippen molar-refractivity contribution in [2.24, 2.45) is 0 Å². The van der Waals surface area contributed by atoms with Gasteiger partial charge in [0.25, 0.3) is 11.6 Å². The number of hydrogen-bond acceptors (Lipinski definition) is 6. The fourth-order valence-electron chi connectivity index (χ4n) is 1.66. The van der Waals surface area contributed by atoms with Crippen LogP contribution in [0.5, 0.6) is 0 Å². The minimum Gasteiger partial charge on any atom is -0.393 e. The first-order valence-electron chi connectivity index (χ1n) is 6.35. The van der Waals surface area contributed by atoms with Crippen LogP contribution < -0.4 is 10.5 Å². The van der Waals surface area contributed by atoms with Crippen LogP contribution in [0.15, 0.2) is 18.2 Å². The Bertz CT molecular complexity index is 642. The van der Waals surface area contributed by atoms with Crippen molar-refractivity contribution in [2.75, 3.05) is 11.5 Å². The predicted octanol–water partition coefficient (Wildman–Crippen LogP) is 1.43. The number of nitrogens with zero attached hydrogens (tertiary/aromatic N) is 1. The Morgan fingerprint density at radius 3 is 2.57 bits per heavy atom. The molecule has 0 saturated carbocycles. The van der Waals surface area contributed by atoms with Crippen molar-refractivity contribution in [3.8, 4) is 0 Å². The molecule has 0 atom stereocenters. The number of nitro groups is 1. The summed E-state index contributed by atoms with van der Waals surface area (Å²) in [7, 11) is -3.71. The highest BCUT2D eigenvalue weighted by Gasteiger charge is 2.18. The monoisotopic (exact) mass is 315 g/mol. The summed E-state index contributed by atoms with van der Waals surface area (Å²) in [5.74, 6) is -0.997. The second-order valence-electron chi connectivity index (χ2n) is 4.49. The van der Waals surface area contributed by atoms with Crippen LogP contribution in [0.25, 0.3) is 0 Å². The summed E-state index contributed by atoms with van der Waals surface area (Å²) in [6.45, 7) is 1.94. The number of nitrogens with two attached hydrogens (primary N) is 1. The molecule has 9 heteroatoms. The number of rotatable bonds is 7. The highest BCUT2D eigenvalue weighted by atomic mass is 32.2. The molecule has 1 aromatic carbocycles. The number of carbonyl (C=O) groups is 1. The number of hydrogen-bond donors (Lipinski definition) is 2. The topological polar surface area (TPSA) is 132 Å². The first kappa shape index (κ1) is 16.9. The Kier molecular flexibility index (Phi) is 5.65. The summed E-state index contributed by atoms with van der Waals surface area (Å²) in [6, 6.07) is 3.30. The van der Waals surface area contributed by atoms with Gasteiger partial charge in [-0.2, -0.15) is 0 Å². The van der Waals surface area contributed by atoms with Gasteiger partial charge in [0.15, 0.2) is 0 Å². The predicted molar refractivity (Wildman–Crippen MR) is 78.3 cm³/mol. The SMILES string of the molecule is CCCCCS(=O)(=O)NC(=O)c1ccc([N+](=O)[O-])c(N)c1. The maximum atomic E-state index is 11.8. The van der Waals surface area contributed by atoms with E-state index < -0.39 is 20.9 Å². The van der Waals surface area contributed by atoms with E-state index in [1.54, 1.807) is 0 Å². The number of nitro benzene ring substituents is 1. The van der Waals surface area contributed by atoms with Gasteiger partial charge in [-0.15, -0.1) is 0 Å². The molecule has 21 heavy (non-hydrogen) atoms. The number of unbranched alkanes of at least 4 members (excludes halogenated alkanes) is 2. The third-order valence-corrected chi connectivity index (χ3v) is 4.07. The van der Waals surface area contributed by atoms with Crippen molar-refractivity contribution in [3.63, 3.8) is 0 Å². The van der Waals surface area contributed by atoms with Crippen molar-refractivity contribution >= 4 is 27.3 Å². The molecule has 0 aliphatic rings. The molecule has 0 aromatic heterocycles. The lowest BCUT2D eigenvalue weighted by Crippen LogP contribution is -2.32. The lowest BCUT2D eigenvalue weighted by Gasteiger charge is -2.07. The van der Waals surface area contributed by atoms with Gasteiger partial charge in [-0.25, -0.2) is 13.1 Å². The molecule has 0 heterocycles. The maximum absolute atomic E-state index is 11.8. The summed E-state index contributed by atoms with van der Waals surface area (Å²) in [5, 5.41) is 10.6. The van der Waals surface area contributed by atoms with Gasteiger partial charge >= 0.3 is 0 Å². The molecule has 3 N–H and O–H groups in total. The van der Waals surface area contributed by atoms with E-state index >= 15 is 0 Å². The molecule has 0 aliphatic heterocycles. The molecule has 1 aromatic rings. The number of nitrogen functional groups attached to an aromatic ring is 1. The molecule has 8 nitrogen and oxygen atoms in total. The number of anilines is 1. The molecule has 0 aliphatic carbocycles. The average molecular weight is 315 g/mol. The number of nitrogens with one attached hydrogen (secondary N) is 1. The second kappa shape index (κ2) is 7.02. The van der Waals surface area contributed by atoms with E-state index in [0.29, 0.717) is 6.42 Å². The highest BCUT2D eigenvalue weighted by Crippen LogP contribution is 2.22. The number of amides is 1. The Morgan fingerprint density at radius 2 is 2.05 bits per heavy atom. The van der Waals surface area contributed by atoms with Crippen LogP contribution in [0.2, 0.25) is 0 Å². The third-order valence-electron chi connectivity index (χ3n) is 2.75. The summed E-state index contributed by atoms with van der Waals surface area (Å²) in [4.78, 5) is 21.7. The van der Waals surface area contributed by atoms with Crippen molar-refractivity contribution in [1.82, 2.24) is 4.72 Å². The van der Waals surface area contributed by atoms with Gasteiger partial charge in [0.2, 0.25) is 10.0 Å². The minimum atomic E-state index is -3.71. The van der Waals surface area contributed by atoms with Gasteiger partial charge in [-0.05, 0) is 18.6 Å². The van der Waals surface area contributed by atoms with E-state index in [1.165, 1.54) is 0 Å². The Hall–Kier alpha value is -2.16. The van der Waals surface area contributed by atoms with E-state index in [4.69, 9.17) is 5.73 Å². The fraction of sp³-hybridized carbons (Fsp3) is 0.417. The second-order valence-corrected chi connectivity index (χ2v) is 6.33. The summed E-state index contributed by atoms with van der Waals surface area (Å²) >= 11 is 0. The molecule has 0 saturated heterocycles. The van der Waals surface area contributed by atoms with Crippen LogP contribution in [0.3, 0.4) is 0 Å². The van der Waals surface area contributed by atoms with Gasteiger partial charge in [-0.3, -0.25) is 14.9 Å². The molecule has 1 amide bonds.